The molecule has 3 aromatic rings. The third kappa shape index (κ3) is 5.77. The highest BCUT2D eigenvalue weighted by atomic mass is 16.5. The summed E-state index contributed by atoms with van der Waals surface area (Å²) in [7, 11) is 1.29. The van der Waals surface area contributed by atoms with Crippen molar-refractivity contribution in [2.24, 2.45) is 0 Å². The van der Waals surface area contributed by atoms with E-state index in [1.54, 1.807) is 6.08 Å². The molecule has 0 fully saturated rings. The Morgan fingerprint density at radius 2 is 1.86 bits per heavy atom. The second-order valence-electron chi connectivity index (χ2n) is 7.05. The molecule has 1 amide bonds. The summed E-state index contributed by atoms with van der Waals surface area (Å²) < 4.78 is 0. The van der Waals surface area contributed by atoms with E-state index in [1.165, 1.54) is 24.1 Å². The fourth-order valence-electron chi connectivity index (χ4n) is 3.30. The van der Waals surface area contributed by atoms with Gasteiger partial charge in [-0.05, 0) is 35.3 Å². The first-order valence-electron chi connectivity index (χ1n) is 9.68. The number of benzene rings is 2. The molecule has 0 saturated carbocycles. The van der Waals surface area contributed by atoms with Crippen LogP contribution in [-0.2, 0) is 17.8 Å². The number of fused-ring (bicyclic) bond motifs is 1. The summed E-state index contributed by atoms with van der Waals surface area (Å²) in [5.74, 6) is -0.472. The summed E-state index contributed by atoms with van der Waals surface area (Å²) >= 11 is 0. The monoisotopic (exact) mass is 393 g/mol. The number of amides is 1. The minimum atomic E-state index is -0.472. The molecule has 152 valence electrons. The first kappa shape index (κ1) is 20.8. The average molecular weight is 393 g/mol. The summed E-state index contributed by atoms with van der Waals surface area (Å²) in [6, 6.07) is 16.2. The SMILES string of the molecule is CN(O)C(=O)/C=C/c1ccc(CN(CCO)CCc2c[nH]c3ccccc23)cc1. The summed E-state index contributed by atoms with van der Waals surface area (Å²) in [4.78, 5) is 17.0. The molecule has 2 aromatic carbocycles. The van der Waals surface area contributed by atoms with Crippen molar-refractivity contribution in [2.75, 3.05) is 26.7 Å². The summed E-state index contributed by atoms with van der Waals surface area (Å²) in [5.41, 5.74) is 4.45. The molecule has 1 heterocycles. The summed E-state index contributed by atoms with van der Waals surface area (Å²) in [5, 5.41) is 20.3. The third-order valence-corrected chi connectivity index (χ3v) is 4.91. The molecule has 6 nitrogen and oxygen atoms in total. The highest BCUT2D eigenvalue weighted by molar-refractivity contribution is 5.90. The Hall–Kier alpha value is -2.93. The number of carbonyl (C=O) groups excluding carboxylic acids is 1. The van der Waals surface area contributed by atoms with Crippen LogP contribution in [0.15, 0.2) is 60.8 Å². The van der Waals surface area contributed by atoms with Gasteiger partial charge in [0.2, 0.25) is 0 Å². The van der Waals surface area contributed by atoms with Gasteiger partial charge in [-0.15, -0.1) is 0 Å². The Labute approximate surface area is 170 Å². The smallest absolute Gasteiger partial charge is 0.269 e. The van der Waals surface area contributed by atoms with E-state index in [0.29, 0.717) is 11.6 Å². The van der Waals surface area contributed by atoms with Gasteiger partial charge in [-0.3, -0.25) is 14.9 Å². The number of hydrogen-bond donors (Lipinski definition) is 3. The van der Waals surface area contributed by atoms with Gasteiger partial charge < -0.3 is 10.1 Å². The van der Waals surface area contributed by atoms with E-state index in [4.69, 9.17) is 5.21 Å². The average Bonchev–Trinajstić information content (AvgIpc) is 3.14. The Morgan fingerprint density at radius 3 is 2.59 bits per heavy atom. The van der Waals surface area contributed by atoms with Gasteiger partial charge in [-0.25, -0.2) is 5.06 Å². The fourth-order valence-corrected chi connectivity index (χ4v) is 3.30. The molecule has 0 aliphatic rings. The van der Waals surface area contributed by atoms with Crippen molar-refractivity contribution in [3.05, 3.63) is 77.5 Å². The van der Waals surface area contributed by atoms with Crippen molar-refractivity contribution in [3.8, 4) is 0 Å². The third-order valence-electron chi connectivity index (χ3n) is 4.91. The zero-order chi connectivity index (χ0) is 20.6. The van der Waals surface area contributed by atoms with Crippen LogP contribution in [0.1, 0.15) is 16.7 Å². The zero-order valence-electron chi connectivity index (χ0n) is 16.6. The number of aromatic amines is 1. The second-order valence-corrected chi connectivity index (χ2v) is 7.05. The van der Waals surface area contributed by atoms with Crippen LogP contribution in [0, 0.1) is 0 Å². The highest BCUT2D eigenvalue weighted by Crippen LogP contribution is 2.19. The molecule has 0 bridgehead atoms. The second kappa shape index (κ2) is 10.0. The molecule has 0 aliphatic carbocycles. The van der Waals surface area contributed by atoms with Crippen LogP contribution in [0.3, 0.4) is 0 Å². The Bertz CT molecular complexity index is 961. The summed E-state index contributed by atoms with van der Waals surface area (Å²) in [6.45, 7) is 2.32. The van der Waals surface area contributed by atoms with Crippen LogP contribution in [0.2, 0.25) is 0 Å². The molecule has 0 atom stereocenters. The molecule has 1 aromatic heterocycles. The number of nitrogens with one attached hydrogen (secondary N) is 1. The lowest BCUT2D eigenvalue weighted by atomic mass is 10.1. The number of H-pyrrole nitrogens is 1. The maximum absolute atomic E-state index is 11.4. The van der Waals surface area contributed by atoms with Crippen LogP contribution in [-0.4, -0.2) is 57.9 Å². The predicted molar refractivity (Wildman–Crippen MR) is 114 cm³/mol. The van der Waals surface area contributed by atoms with Crippen LogP contribution in [0.5, 0.6) is 0 Å². The number of para-hydroxylation sites is 1. The number of likely N-dealkylation sites (N-methyl/N-ethyl adjacent to an activating group) is 1. The molecule has 0 aliphatic heterocycles. The van der Waals surface area contributed by atoms with E-state index in [1.807, 2.05) is 36.4 Å². The van der Waals surface area contributed by atoms with Crippen molar-refractivity contribution >= 4 is 22.9 Å². The van der Waals surface area contributed by atoms with Crippen molar-refractivity contribution in [3.63, 3.8) is 0 Å². The highest BCUT2D eigenvalue weighted by Gasteiger charge is 2.09. The van der Waals surface area contributed by atoms with E-state index in [2.05, 4.69) is 28.2 Å². The van der Waals surface area contributed by atoms with E-state index in [-0.39, 0.29) is 6.61 Å². The number of hydroxylamine groups is 2. The first-order chi connectivity index (χ1) is 14.1. The lowest BCUT2D eigenvalue weighted by Crippen LogP contribution is -2.28. The lowest BCUT2D eigenvalue weighted by molar-refractivity contribution is -0.153. The van der Waals surface area contributed by atoms with E-state index < -0.39 is 5.91 Å². The van der Waals surface area contributed by atoms with E-state index in [9.17, 15) is 9.90 Å². The molecule has 0 spiro atoms. The molecule has 3 rings (SSSR count). The number of nitrogens with zero attached hydrogens (tertiary/aromatic N) is 2. The first-order valence-corrected chi connectivity index (χ1v) is 9.68. The number of aromatic nitrogens is 1. The Balaban J connectivity index is 1.60. The van der Waals surface area contributed by atoms with E-state index >= 15 is 0 Å². The van der Waals surface area contributed by atoms with Gasteiger partial charge in [0.05, 0.1) is 6.61 Å². The Morgan fingerprint density at radius 1 is 1.10 bits per heavy atom. The molecule has 0 unspecified atom stereocenters. The maximum Gasteiger partial charge on any atom is 0.269 e. The summed E-state index contributed by atoms with van der Waals surface area (Å²) in [6.07, 6.45) is 5.96. The quantitative estimate of drug-likeness (QED) is 0.297. The zero-order valence-corrected chi connectivity index (χ0v) is 16.6. The number of hydrogen-bond acceptors (Lipinski definition) is 4. The standard InChI is InChI=1S/C23H27N3O3/c1-25(29)23(28)11-10-18-6-8-19(9-7-18)17-26(14-15-27)13-12-20-16-24-22-5-3-2-4-21(20)22/h2-11,16,24,27,29H,12-15,17H2,1H3/b11-10+. The van der Waals surface area contributed by atoms with Gasteiger partial charge in [0, 0.05) is 49.9 Å². The number of rotatable bonds is 9. The number of carbonyl (C=O) groups is 1. The van der Waals surface area contributed by atoms with Crippen molar-refractivity contribution in [2.45, 2.75) is 13.0 Å². The van der Waals surface area contributed by atoms with E-state index in [0.717, 1.165) is 36.2 Å². The van der Waals surface area contributed by atoms with Crippen molar-refractivity contribution < 1.29 is 15.1 Å². The van der Waals surface area contributed by atoms with Gasteiger partial charge in [0.15, 0.2) is 0 Å². The largest absolute Gasteiger partial charge is 0.395 e. The minimum Gasteiger partial charge on any atom is -0.395 e. The minimum absolute atomic E-state index is 0.117. The molecular formula is C23H27N3O3. The van der Waals surface area contributed by atoms with Crippen LogP contribution in [0.25, 0.3) is 17.0 Å². The number of aliphatic hydroxyl groups excluding tert-OH is 1. The van der Waals surface area contributed by atoms with Gasteiger partial charge in [-0.2, -0.15) is 0 Å². The van der Waals surface area contributed by atoms with Crippen LogP contribution < -0.4 is 0 Å². The molecule has 0 saturated heterocycles. The normalized spacial score (nSPS) is 11.6. The molecule has 6 heteroatoms. The van der Waals surface area contributed by atoms with Gasteiger partial charge in [0.1, 0.15) is 0 Å². The van der Waals surface area contributed by atoms with Crippen LogP contribution in [0.4, 0.5) is 0 Å². The number of aliphatic hydroxyl groups is 1. The molecule has 3 N–H and O–H groups in total. The molecule has 29 heavy (non-hydrogen) atoms. The van der Waals surface area contributed by atoms with Crippen molar-refractivity contribution in [1.29, 1.82) is 0 Å². The van der Waals surface area contributed by atoms with Crippen molar-refractivity contribution in [1.82, 2.24) is 14.9 Å². The lowest BCUT2D eigenvalue weighted by Gasteiger charge is -2.21. The van der Waals surface area contributed by atoms with Gasteiger partial charge in [0.25, 0.3) is 5.91 Å². The molecule has 0 radical (unpaired) electrons. The maximum atomic E-state index is 11.4. The fraction of sp³-hybridized carbons (Fsp3) is 0.261. The molecular weight excluding hydrogens is 366 g/mol. The van der Waals surface area contributed by atoms with Crippen LogP contribution >= 0.6 is 0 Å². The predicted octanol–water partition coefficient (Wildman–Crippen LogP) is 3.07. The van der Waals surface area contributed by atoms with Gasteiger partial charge in [-0.1, -0.05) is 42.5 Å². The Kier molecular flexibility index (Phi) is 7.19. The topological polar surface area (TPSA) is 79.8 Å². The van der Waals surface area contributed by atoms with Gasteiger partial charge >= 0.3 is 0 Å².